The molecule has 1 unspecified atom stereocenters. The number of alkyl halides is 3. The van der Waals surface area contributed by atoms with E-state index >= 15 is 0 Å². The predicted octanol–water partition coefficient (Wildman–Crippen LogP) is 6.24. The standard InChI is InChI=1S/C25H23F3O3/c1-18(15-29)14-21-12-13-22(30-16-19-8-4-2-5-9-19)23(25(26,27)28)24(21)31-17-20-10-6-3-7-11-20/h2-13,15,18H,14,16-17H2,1H3. The van der Waals surface area contributed by atoms with Gasteiger partial charge in [0.15, 0.2) is 0 Å². The summed E-state index contributed by atoms with van der Waals surface area (Å²) in [6, 6.07) is 20.8. The first-order valence-corrected chi connectivity index (χ1v) is 9.90. The third kappa shape index (κ3) is 6.10. The van der Waals surface area contributed by atoms with Gasteiger partial charge in [0.05, 0.1) is 0 Å². The van der Waals surface area contributed by atoms with Crippen LogP contribution in [0.15, 0.2) is 72.8 Å². The summed E-state index contributed by atoms with van der Waals surface area (Å²) in [6.07, 6.45) is -3.85. The van der Waals surface area contributed by atoms with Gasteiger partial charge >= 0.3 is 6.18 Å². The molecule has 0 radical (unpaired) electrons. The van der Waals surface area contributed by atoms with Crippen LogP contribution in [0.2, 0.25) is 0 Å². The second-order valence-corrected chi connectivity index (χ2v) is 7.29. The monoisotopic (exact) mass is 428 g/mol. The lowest BCUT2D eigenvalue weighted by Crippen LogP contribution is -2.15. The Morgan fingerprint density at radius 2 is 1.39 bits per heavy atom. The maximum absolute atomic E-state index is 14.1. The van der Waals surface area contributed by atoms with Crippen molar-refractivity contribution in [3.8, 4) is 11.5 Å². The topological polar surface area (TPSA) is 35.5 Å². The summed E-state index contributed by atoms with van der Waals surface area (Å²) in [5.41, 5.74) is 0.839. The van der Waals surface area contributed by atoms with Gasteiger partial charge in [0, 0.05) is 5.92 Å². The zero-order chi connectivity index (χ0) is 22.3. The van der Waals surface area contributed by atoms with E-state index in [4.69, 9.17) is 9.47 Å². The Bertz CT molecular complexity index is 986. The summed E-state index contributed by atoms with van der Waals surface area (Å²) in [5, 5.41) is 0. The molecule has 0 bridgehead atoms. The van der Waals surface area contributed by atoms with Crippen molar-refractivity contribution in [3.05, 3.63) is 95.1 Å². The largest absolute Gasteiger partial charge is 0.488 e. The molecule has 31 heavy (non-hydrogen) atoms. The Morgan fingerprint density at radius 3 is 1.90 bits per heavy atom. The van der Waals surface area contributed by atoms with Crippen LogP contribution in [-0.2, 0) is 30.6 Å². The number of hydrogen-bond donors (Lipinski definition) is 0. The lowest BCUT2D eigenvalue weighted by molar-refractivity contribution is -0.140. The van der Waals surface area contributed by atoms with Gasteiger partial charge in [-0.25, -0.2) is 0 Å². The van der Waals surface area contributed by atoms with Crippen molar-refractivity contribution in [2.75, 3.05) is 0 Å². The second-order valence-electron chi connectivity index (χ2n) is 7.29. The molecule has 0 saturated heterocycles. The molecule has 3 nitrogen and oxygen atoms in total. The minimum absolute atomic E-state index is 0.00781. The normalized spacial score (nSPS) is 12.3. The molecule has 0 aliphatic rings. The van der Waals surface area contributed by atoms with Crippen LogP contribution in [0.4, 0.5) is 13.2 Å². The summed E-state index contributed by atoms with van der Waals surface area (Å²) >= 11 is 0. The summed E-state index contributed by atoms with van der Waals surface area (Å²) in [6.45, 7) is 1.61. The van der Waals surface area contributed by atoms with Crippen LogP contribution >= 0.6 is 0 Å². The van der Waals surface area contributed by atoms with Gasteiger partial charge in [-0.05, 0) is 29.2 Å². The molecule has 0 N–H and O–H groups in total. The Morgan fingerprint density at radius 1 is 0.839 bits per heavy atom. The molecule has 0 heterocycles. The second kappa shape index (κ2) is 10.2. The number of halogens is 3. The minimum Gasteiger partial charge on any atom is -0.488 e. The predicted molar refractivity (Wildman–Crippen MR) is 112 cm³/mol. The molecular formula is C25H23F3O3. The van der Waals surface area contributed by atoms with Gasteiger partial charge in [-0.3, -0.25) is 0 Å². The Labute approximate surface area is 179 Å². The highest BCUT2D eigenvalue weighted by molar-refractivity contribution is 5.57. The smallest absolute Gasteiger partial charge is 0.423 e. The molecule has 3 rings (SSSR count). The van der Waals surface area contributed by atoms with Gasteiger partial charge in [0.25, 0.3) is 0 Å². The third-order valence-electron chi connectivity index (χ3n) is 4.72. The molecule has 3 aromatic rings. The van der Waals surface area contributed by atoms with E-state index in [1.807, 2.05) is 12.1 Å². The highest BCUT2D eigenvalue weighted by Gasteiger charge is 2.39. The van der Waals surface area contributed by atoms with E-state index in [0.717, 1.165) is 11.1 Å². The highest BCUT2D eigenvalue weighted by atomic mass is 19.4. The number of carbonyl (C=O) groups is 1. The molecule has 0 fully saturated rings. The van der Waals surface area contributed by atoms with Gasteiger partial charge in [-0.2, -0.15) is 13.2 Å². The maximum atomic E-state index is 14.1. The zero-order valence-corrected chi connectivity index (χ0v) is 17.1. The number of benzene rings is 3. The number of rotatable bonds is 9. The Kier molecular flexibility index (Phi) is 7.34. The summed E-state index contributed by atoms with van der Waals surface area (Å²) < 4.78 is 53.7. The summed E-state index contributed by atoms with van der Waals surface area (Å²) in [4.78, 5) is 11.1. The lowest BCUT2D eigenvalue weighted by atomic mass is 9.98. The average molecular weight is 428 g/mol. The van der Waals surface area contributed by atoms with Crippen molar-refractivity contribution in [2.24, 2.45) is 5.92 Å². The van der Waals surface area contributed by atoms with Crippen molar-refractivity contribution in [1.29, 1.82) is 0 Å². The van der Waals surface area contributed by atoms with Crippen molar-refractivity contribution in [1.82, 2.24) is 0 Å². The van der Waals surface area contributed by atoms with E-state index in [1.165, 1.54) is 12.1 Å². The van der Waals surface area contributed by atoms with E-state index in [9.17, 15) is 18.0 Å². The molecule has 0 saturated carbocycles. The molecule has 0 spiro atoms. The lowest BCUT2D eigenvalue weighted by Gasteiger charge is -2.22. The summed E-state index contributed by atoms with van der Waals surface area (Å²) in [5.74, 6) is -1.05. The molecule has 0 aliphatic heterocycles. The molecule has 162 valence electrons. The van der Waals surface area contributed by atoms with E-state index in [-0.39, 0.29) is 31.1 Å². The Balaban J connectivity index is 1.99. The molecule has 0 aliphatic carbocycles. The van der Waals surface area contributed by atoms with Crippen LogP contribution in [-0.4, -0.2) is 6.29 Å². The first kappa shape index (κ1) is 22.4. The maximum Gasteiger partial charge on any atom is 0.423 e. The van der Waals surface area contributed by atoms with Crippen LogP contribution in [0.25, 0.3) is 0 Å². The van der Waals surface area contributed by atoms with Crippen LogP contribution in [0.5, 0.6) is 11.5 Å². The fourth-order valence-corrected chi connectivity index (χ4v) is 3.18. The van der Waals surface area contributed by atoms with E-state index in [0.29, 0.717) is 11.8 Å². The van der Waals surface area contributed by atoms with Crippen LogP contribution < -0.4 is 9.47 Å². The molecular weight excluding hydrogens is 405 g/mol. The van der Waals surface area contributed by atoms with Crippen molar-refractivity contribution < 1.29 is 27.4 Å². The SMILES string of the molecule is CC(C=O)Cc1ccc(OCc2ccccc2)c(C(F)(F)F)c1OCc1ccccc1. The molecule has 6 heteroatoms. The van der Waals surface area contributed by atoms with Gasteiger partial charge in [0.1, 0.15) is 36.6 Å². The zero-order valence-electron chi connectivity index (χ0n) is 17.1. The van der Waals surface area contributed by atoms with Gasteiger partial charge < -0.3 is 14.3 Å². The number of hydrogen-bond acceptors (Lipinski definition) is 3. The van der Waals surface area contributed by atoms with E-state index in [2.05, 4.69) is 0 Å². The van der Waals surface area contributed by atoms with Gasteiger partial charge in [-0.15, -0.1) is 0 Å². The minimum atomic E-state index is -4.70. The molecule has 0 amide bonds. The number of carbonyl (C=O) groups excluding carboxylic acids is 1. The number of aldehydes is 1. The van der Waals surface area contributed by atoms with Crippen LogP contribution in [0.3, 0.4) is 0 Å². The average Bonchev–Trinajstić information content (AvgIpc) is 2.77. The quantitative estimate of drug-likeness (QED) is 0.379. The fraction of sp³-hybridized carbons (Fsp3) is 0.240. The highest BCUT2D eigenvalue weighted by Crippen LogP contribution is 2.45. The molecule has 0 aromatic heterocycles. The van der Waals surface area contributed by atoms with Crippen molar-refractivity contribution >= 4 is 6.29 Å². The van der Waals surface area contributed by atoms with Crippen LogP contribution in [0.1, 0.15) is 29.2 Å². The molecule has 1 atom stereocenters. The van der Waals surface area contributed by atoms with Crippen molar-refractivity contribution in [2.45, 2.75) is 32.7 Å². The third-order valence-corrected chi connectivity index (χ3v) is 4.72. The fourth-order valence-electron chi connectivity index (χ4n) is 3.18. The van der Waals surface area contributed by atoms with E-state index < -0.39 is 17.7 Å². The van der Waals surface area contributed by atoms with Crippen LogP contribution in [0, 0.1) is 5.92 Å². The van der Waals surface area contributed by atoms with E-state index in [1.54, 1.807) is 55.5 Å². The first-order chi connectivity index (χ1) is 14.9. The van der Waals surface area contributed by atoms with Gasteiger partial charge in [-0.1, -0.05) is 73.7 Å². The Hall–Kier alpha value is -3.28. The van der Waals surface area contributed by atoms with Crippen molar-refractivity contribution in [3.63, 3.8) is 0 Å². The molecule has 3 aromatic carbocycles. The van der Waals surface area contributed by atoms with Gasteiger partial charge in [0.2, 0.25) is 0 Å². The summed E-state index contributed by atoms with van der Waals surface area (Å²) in [7, 11) is 0. The first-order valence-electron chi connectivity index (χ1n) is 9.90. The number of ether oxygens (including phenoxy) is 2.